The van der Waals surface area contributed by atoms with Crippen molar-refractivity contribution < 1.29 is 23.1 Å². The summed E-state index contributed by atoms with van der Waals surface area (Å²) in [7, 11) is 0. The highest BCUT2D eigenvalue weighted by Gasteiger charge is 2.28. The first-order chi connectivity index (χ1) is 14.1. The van der Waals surface area contributed by atoms with E-state index in [1.165, 1.54) is 23.5 Å². The number of carbonyl (C=O) groups is 2. The van der Waals surface area contributed by atoms with Crippen LogP contribution in [0.1, 0.15) is 51.1 Å². The first-order valence-corrected chi connectivity index (χ1v) is 10.4. The maximum atomic E-state index is 14.0. The largest absolute Gasteiger partial charge is 0.462 e. The predicted molar refractivity (Wildman–Crippen MR) is 109 cm³/mol. The number of rotatable bonds is 5. The van der Waals surface area contributed by atoms with Crippen molar-refractivity contribution in [2.45, 2.75) is 32.6 Å². The maximum Gasteiger partial charge on any atom is 0.341 e. The highest BCUT2D eigenvalue weighted by atomic mass is 32.1. The summed E-state index contributed by atoms with van der Waals surface area (Å²) in [5, 5.41) is 3.27. The minimum Gasteiger partial charge on any atom is -0.462 e. The molecular weight excluding hydrogens is 393 g/mol. The topological polar surface area (TPSA) is 68.5 Å². The zero-order valence-corrected chi connectivity index (χ0v) is 16.7. The van der Waals surface area contributed by atoms with Gasteiger partial charge in [0.15, 0.2) is 5.76 Å². The molecule has 150 valence electrons. The molecule has 0 spiro atoms. The van der Waals surface area contributed by atoms with E-state index in [0.717, 1.165) is 36.1 Å². The van der Waals surface area contributed by atoms with Crippen LogP contribution in [-0.2, 0) is 17.6 Å². The van der Waals surface area contributed by atoms with Crippen LogP contribution in [-0.4, -0.2) is 18.5 Å². The molecule has 0 saturated heterocycles. The molecule has 3 aromatic rings. The Labute approximate surface area is 171 Å². The van der Waals surface area contributed by atoms with Gasteiger partial charge in [-0.1, -0.05) is 12.1 Å². The number of halogens is 1. The number of esters is 1. The van der Waals surface area contributed by atoms with E-state index in [1.54, 1.807) is 31.2 Å². The van der Waals surface area contributed by atoms with Crippen LogP contribution in [0.15, 0.2) is 40.8 Å². The minimum atomic E-state index is -0.489. The van der Waals surface area contributed by atoms with Gasteiger partial charge in [-0.2, -0.15) is 0 Å². The van der Waals surface area contributed by atoms with Gasteiger partial charge in [0.25, 0.3) is 5.91 Å². The van der Waals surface area contributed by atoms with E-state index in [4.69, 9.17) is 9.15 Å². The van der Waals surface area contributed by atoms with Crippen LogP contribution in [0.4, 0.5) is 9.39 Å². The number of fused-ring (bicyclic) bond motifs is 1. The predicted octanol–water partition coefficient (Wildman–Crippen LogP) is 5.46. The van der Waals surface area contributed by atoms with Gasteiger partial charge in [0.1, 0.15) is 16.6 Å². The van der Waals surface area contributed by atoms with Gasteiger partial charge in [-0.05, 0) is 62.4 Å². The maximum absolute atomic E-state index is 14.0. The van der Waals surface area contributed by atoms with E-state index in [9.17, 15) is 14.0 Å². The summed E-state index contributed by atoms with van der Waals surface area (Å²) in [6, 6.07) is 9.25. The Bertz CT molecular complexity index is 1070. The number of hydrogen-bond acceptors (Lipinski definition) is 5. The summed E-state index contributed by atoms with van der Waals surface area (Å²) in [6.45, 7) is 2.02. The highest BCUT2D eigenvalue weighted by Crippen LogP contribution is 2.39. The zero-order valence-electron chi connectivity index (χ0n) is 15.9. The quantitative estimate of drug-likeness (QED) is 0.565. The van der Waals surface area contributed by atoms with E-state index in [-0.39, 0.29) is 23.7 Å². The fourth-order valence-corrected chi connectivity index (χ4v) is 4.78. The number of hydrogen-bond donors (Lipinski definition) is 1. The third kappa shape index (κ3) is 3.82. The molecule has 0 bridgehead atoms. The molecule has 7 heteroatoms. The molecule has 1 aliphatic carbocycles. The van der Waals surface area contributed by atoms with Crippen molar-refractivity contribution >= 4 is 28.2 Å². The van der Waals surface area contributed by atoms with Gasteiger partial charge in [-0.25, -0.2) is 9.18 Å². The van der Waals surface area contributed by atoms with Crippen LogP contribution in [0, 0.1) is 5.82 Å². The van der Waals surface area contributed by atoms with Crippen molar-refractivity contribution in [1.29, 1.82) is 0 Å². The molecule has 29 heavy (non-hydrogen) atoms. The third-order valence-corrected chi connectivity index (χ3v) is 6.05. The second-order valence-electron chi connectivity index (χ2n) is 6.73. The van der Waals surface area contributed by atoms with Crippen molar-refractivity contribution in [2.24, 2.45) is 0 Å². The van der Waals surface area contributed by atoms with Crippen LogP contribution in [0.3, 0.4) is 0 Å². The SMILES string of the molecule is CCOC(=O)c1c(NC(=O)c2ccc(-c3ccccc3F)o2)sc2c1CCCC2. The summed E-state index contributed by atoms with van der Waals surface area (Å²) in [6.07, 6.45) is 3.76. The van der Waals surface area contributed by atoms with Crippen LogP contribution >= 0.6 is 11.3 Å². The fraction of sp³-hybridized carbons (Fsp3) is 0.273. The molecule has 4 rings (SSSR count). The summed E-state index contributed by atoms with van der Waals surface area (Å²) in [5.74, 6) is -1.02. The molecule has 0 saturated carbocycles. The van der Waals surface area contributed by atoms with E-state index >= 15 is 0 Å². The summed E-state index contributed by atoms with van der Waals surface area (Å²) in [4.78, 5) is 26.4. The Morgan fingerprint density at radius 1 is 1.17 bits per heavy atom. The monoisotopic (exact) mass is 413 g/mol. The molecule has 0 unspecified atom stereocenters. The average Bonchev–Trinajstić information content (AvgIpc) is 3.33. The molecule has 1 amide bonds. The number of carbonyl (C=O) groups excluding carboxylic acids is 2. The van der Waals surface area contributed by atoms with E-state index in [0.29, 0.717) is 10.6 Å². The van der Waals surface area contributed by atoms with E-state index in [2.05, 4.69) is 5.32 Å². The fourth-order valence-electron chi connectivity index (χ4n) is 3.50. The lowest BCUT2D eigenvalue weighted by Crippen LogP contribution is -2.15. The standard InChI is InChI=1S/C22H20FNO4S/c1-2-27-22(26)19-14-8-4-6-10-18(14)29-21(19)24-20(25)17-12-11-16(28-17)13-7-3-5-9-15(13)23/h3,5,7,9,11-12H,2,4,6,8,10H2,1H3,(H,24,25). The zero-order chi connectivity index (χ0) is 20.4. The van der Waals surface area contributed by atoms with Crippen molar-refractivity contribution in [3.8, 4) is 11.3 Å². The molecule has 0 fully saturated rings. The molecule has 0 atom stereocenters. The van der Waals surface area contributed by atoms with Gasteiger partial charge in [-0.3, -0.25) is 4.79 Å². The number of aryl methyl sites for hydroxylation is 1. The number of anilines is 1. The lowest BCUT2D eigenvalue weighted by molar-refractivity contribution is 0.0526. The Morgan fingerprint density at radius 2 is 1.97 bits per heavy atom. The molecule has 0 aliphatic heterocycles. The number of ether oxygens (including phenoxy) is 1. The molecular formula is C22H20FNO4S. The second kappa shape index (κ2) is 8.21. The number of benzene rings is 1. The van der Waals surface area contributed by atoms with E-state index in [1.807, 2.05) is 0 Å². The minimum absolute atomic E-state index is 0.0458. The van der Waals surface area contributed by atoms with Gasteiger partial charge in [0.05, 0.1) is 17.7 Å². The first-order valence-electron chi connectivity index (χ1n) is 9.56. The Hall–Kier alpha value is -2.93. The molecule has 5 nitrogen and oxygen atoms in total. The van der Waals surface area contributed by atoms with Crippen molar-refractivity contribution in [2.75, 3.05) is 11.9 Å². The molecule has 0 radical (unpaired) electrons. The van der Waals surface area contributed by atoms with Crippen LogP contribution in [0.5, 0.6) is 0 Å². The van der Waals surface area contributed by atoms with Crippen molar-refractivity contribution in [3.05, 3.63) is 64.0 Å². The summed E-state index contributed by atoms with van der Waals surface area (Å²) < 4.78 is 24.7. The lowest BCUT2D eigenvalue weighted by atomic mass is 9.95. The Morgan fingerprint density at radius 3 is 2.76 bits per heavy atom. The number of thiophene rings is 1. The van der Waals surface area contributed by atoms with Crippen LogP contribution in [0.25, 0.3) is 11.3 Å². The van der Waals surface area contributed by atoms with Gasteiger partial charge < -0.3 is 14.5 Å². The summed E-state index contributed by atoms with van der Waals surface area (Å²) >= 11 is 1.41. The van der Waals surface area contributed by atoms with Gasteiger partial charge in [0, 0.05) is 4.88 Å². The van der Waals surface area contributed by atoms with Gasteiger partial charge in [0.2, 0.25) is 0 Å². The van der Waals surface area contributed by atoms with Crippen LogP contribution in [0.2, 0.25) is 0 Å². The number of nitrogens with one attached hydrogen (secondary N) is 1. The Kier molecular flexibility index (Phi) is 5.49. The molecule has 1 aliphatic rings. The van der Waals surface area contributed by atoms with Crippen molar-refractivity contribution in [3.63, 3.8) is 0 Å². The normalized spacial score (nSPS) is 13.0. The molecule has 2 aromatic heterocycles. The number of amides is 1. The Balaban J connectivity index is 1.61. The molecule has 1 aromatic carbocycles. The lowest BCUT2D eigenvalue weighted by Gasteiger charge is -2.12. The summed E-state index contributed by atoms with van der Waals surface area (Å²) in [5.41, 5.74) is 1.70. The first kappa shape index (κ1) is 19.4. The molecule has 2 heterocycles. The van der Waals surface area contributed by atoms with Crippen LogP contribution < -0.4 is 5.32 Å². The second-order valence-corrected chi connectivity index (χ2v) is 7.84. The molecule has 1 N–H and O–H groups in total. The van der Waals surface area contributed by atoms with Gasteiger partial charge >= 0.3 is 5.97 Å². The van der Waals surface area contributed by atoms with Crippen molar-refractivity contribution in [1.82, 2.24) is 0 Å². The third-order valence-electron chi connectivity index (χ3n) is 4.85. The smallest absolute Gasteiger partial charge is 0.341 e. The average molecular weight is 413 g/mol. The number of furan rings is 1. The van der Waals surface area contributed by atoms with E-state index < -0.39 is 17.7 Å². The highest BCUT2D eigenvalue weighted by molar-refractivity contribution is 7.17. The van der Waals surface area contributed by atoms with Gasteiger partial charge in [-0.15, -0.1) is 11.3 Å².